The van der Waals surface area contributed by atoms with Gasteiger partial charge < -0.3 is 25.8 Å². The van der Waals surface area contributed by atoms with E-state index in [1.807, 2.05) is 4.90 Å². The molecule has 4 N–H and O–H groups in total. The third-order valence-electron chi connectivity index (χ3n) is 5.87. The van der Waals surface area contributed by atoms with Gasteiger partial charge in [-0.2, -0.15) is 0 Å². The fourth-order valence-corrected chi connectivity index (χ4v) is 4.21. The van der Waals surface area contributed by atoms with Crippen LogP contribution < -0.4 is 15.8 Å². The first kappa shape index (κ1) is 21.5. The number of hydrogen-bond donors (Lipinski definition) is 3. The predicted octanol–water partition coefficient (Wildman–Crippen LogP) is 0.200. The molecule has 3 rings (SSSR count). The van der Waals surface area contributed by atoms with Crippen LogP contribution in [-0.2, 0) is 4.79 Å². The Kier molecular flexibility index (Phi) is 7.46. The molecule has 2 aliphatic rings. The Hall–Kier alpha value is -2.16. The normalized spacial score (nSPS) is 25.5. The highest BCUT2D eigenvalue weighted by molar-refractivity contribution is 5.94. The number of aliphatic hydroxyl groups is 1. The van der Waals surface area contributed by atoms with Crippen molar-refractivity contribution in [1.82, 2.24) is 15.1 Å². The van der Waals surface area contributed by atoms with Crippen LogP contribution in [0.1, 0.15) is 36.5 Å². The van der Waals surface area contributed by atoms with Gasteiger partial charge in [0.25, 0.3) is 5.91 Å². The zero-order chi connectivity index (χ0) is 20.8. The van der Waals surface area contributed by atoms with Gasteiger partial charge >= 0.3 is 0 Å². The average molecular weight is 405 g/mol. The lowest BCUT2D eigenvalue weighted by molar-refractivity contribution is -0.131. The minimum atomic E-state index is -0.622. The van der Waals surface area contributed by atoms with Crippen molar-refractivity contribution in [3.63, 3.8) is 0 Å². The van der Waals surface area contributed by atoms with Crippen LogP contribution >= 0.6 is 0 Å². The molecule has 8 heteroatoms. The van der Waals surface area contributed by atoms with E-state index >= 15 is 0 Å². The zero-order valence-corrected chi connectivity index (χ0v) is 17.0. The number of nitrogens with zero attached hydrogens (tertiary/aromatic N) is 2. The van der Waals surface area contributed by atoms with Crippen LogP contribution in [0.3, 0.4) is 0 Å². The summed E-state index contributed by atoms with van der Waals surface area (Å²) in [5.74, 6) is 0.578. The molecular weight excluding hydrogens is 372 g/mol. The maximum Gasteiger partial charge on any atom is 0.251 e. The van der Waals surface area contributed by atoms with Crippen molar-refractivity contribution in [2.75, 3.05) is 39.3 Å². The van der Waals surface area contributed by atoms with Crippen LogP contribution in [0.5, 0.6) is 5.75 Å². The van der Waals surface area contributed by atoms with Gasteiger partial charge in [0, 0.05) is 51.3 Å². The molecule has 0 spiro atoms. The Morgan fingerprint density at radius 1 is 1.17 bits per heavy atom. The second-order valence-corrected chi connectivity index (χ2v) is 7.77. The summed E-state index contributed by atoms with van der Waals surface area (Å²) in [6.45, 7) is 5.35. The molecule has 160 valence electrons. The Labute approximate surface area is 172 Å². The van der Waals surface area contributed by atoms with Crippen molar-refractivity contribution in [2.24, 2.45) is 5.73 Å². The number of nitrogens with one attached hydrogen (secondary N) is 1. The number of amides is 2. The van der Waals surface area contributed by atoms with Gasteiger partial charge in [-0.05, 0) is 43.5 Å². The fourth-order valence-electron chi connectivity index (χ4n) is 4.21. The van der Waals surface area contributed by atoms with Crippen LogP contribution in [-0.4, -0.2) is 84.2 Å². The smallest absolute Gasteiger partial charge is 0.251 e. The summed E-state index contributed by atoms with van der Waals surface area (Å²) in [6.07, 6.45) is 1.99. The third-order valence-corrected chi connectivity index (χ3v) is 5.87. The van der Waals surface area contributed by atoms with Gasteiger partial charge in [-0.15, -0.1) is 0 Å². The molecule has 8 nitrogen and oxygen atoms in total. The predicted molar refractivity (Wildman–Crippen MR) is 110 cm³/mol. The molecule has 1 aliphatic carbocycles. The van der Waals surface area contributed by atoms with Crippen molar-refractivity contribution >= 4 is 11.8 Å². The van der Waals surface area contributed by atoms with Crippen molar-refractivity contribution in [1.29, 1.82) is 0 Å². The molecule has 2 fully saturated rings. The van der Waals surface area contributed by atoms with Crippen LogP contribution in [0.4, 0.5) is 0 Å². The van der Waals surface area contributed by atoms with Gasteiger partial charge in [0.2, 0.25) is 5.91 Å². The van der Waals surface area contributed by atoms with Gasteiger partial charge in [0.15, 0.2) is 0 Å². The topological polar surface area (TPSA) is 108 Å². The standard InChI is InChI=1S/C21H32N4O4/c1-15(26)24-10-12-25(13-11-24)19-4-2-3-18(20(19)27)23-21(28)16-5-7-17(8-6-16)29-14-9-22/h5-8,18-20,27H,2-4,9-14,22H2,1H3,(H,23,28)/t18-,19-,20-/m1/s1. The number of carbonyl (C=O) groups is 2. The Bertz CT molecular complexity index is 688. The van der Waals surface area contributed by atoms with E-state index < -0.39 is 6.10 Å². The van der Waals surface area contributed by atoms with Crippen LogP contribution in [0.2, 0.25) is 0 Å². The minimum absolute atomic E-state index is 0.00944. The molecule has 1 aromatic carbocycles. The van der Waals surface area contributed by atoms with E-state index in [1.54, 1.807) is 31.2 Å². The first-order valence-corrected chi connectivity index (χ1v) is 10.4. The SMILES string of the molecule is CC(=O)N1CCN([C@@H]2CCC[C@@H](NC(=O)c3ccc(OCCN)cc3)[C@H]2O)CC1. The molecule has 1 aromatic rings. The first-order chi connectivity index (χ1) is 14.0. The molecule has 29 heavy (non-hydrogen) atoms. The monoisotopic (exact) mass is 404 g/mol. The second-order valence-electron chi connectivity index (χ2n) is 7.77. The lowest BCUT2D eigenvalue weighted by atomic mass is 9.86. The molecule has 0 radical (unpaired) electrons. The zero-order valence-electron chi connectivity index (χ0n) is 17.0. The van der Waals surface area contributed by atoms with E-state index in [4.69, 9.17) is 10.5 Å². The molecule has 0 bridgehead atoms. The van der Waals surface area contributed by atoms with Crippen LogP contribution in [0.25, 0.3) is 0 Å². The molecule has 2 amide bonds. The van der Waals surface area contributed by atoms with Crippen molar-refractivity contribution < 1.29 is 19.4 Å². The Morgan fingerprint density at radius 3 is 2.48 bits per heavy atom. The molecular formula is C21H32N4O4. The third kappa shape index (κ3) is 5.46. The van der Waals surface area contributed by atoms with E-state index in [9.17, 15) is 14.7 Å². The summed E-state index contributed by atoms with van der Waals surface area (Å²) < 4.78 is 5.43. The number of ether oxygens (including phenoxy) is 1. The molecule has 0 aromatic heterocycles. The largest absolute Gasteiger partial charge is 0.492 e. The van der Waals surface area contributed by atoms with Crippen LogP contribution in [0.15, 0.2) is 24.3 Å². The number of aliphatic hydroxyl groups excluding tert-OH is 1. The summed E-state index contributed by atoms with van der Waals surface area (Å²) in [6, 6.07) is 6.66. The molecule has 1 aliphatic heterocycles. The quantitative estimate of drug-likeness (QED) is 0.625. The number of nitrogens with two attached hydrogens (primary N) is 1. The summed E-state index contributed by atoms with van der Waals surface area (Å²) in [5.41, 5.74) is 5.96. The minimum Gasteiger partial charge on any atom is -0.492 e. The summed E-state index contributed by atoms with van der Waals surface area (Å²) in [4.78, 5) is 28.3. The number of rotatable bonds is 6. The van der Waals surface area contributed by atoms with E-state index in [0.29, 0.717) is 37.6 Å². The molecule has 1 saturated carbocycles. The number of piperazine rings is 1. The first-order valence-electron chi connectivity index (χ1n) is 10.4. The number of benzene rings is 1. The Balaban J connectivity index is 1.55. The lowest BCUT2D eigenvalue weighted by Gasteiger charge is -2.45. The van der Waals surface area contributed by atoms with E-state index in [2.05, 4.69) is 10.2 Å². The van der Waals surface area contributed by atoms with Gasteiger partial charge in [-0.1, -0.05) is 0 Å². The highest BCUT2D eigenvalue weighted by Crippen LogP contribution is 2.25. The summed E-state index contributed by atoms with van der Waals surface area (Å²) in [7, 11) is 0. The van der Waals surface area contributed by atoms with Crippen molar-refractivity contribution in [3.05, 3.63) is 29.8 Å². The summed E-state index contributed by atoms with van der Waals surface area (Å²) >= 11 is 0. The van der Waals surface area contributed by atoms with E-state index in [-0.39, 0.29) is 23.9 Å². The van der Waals surface area contributed by atoms with Gasteiger partial charge in [0.1, 0.15) is 12.4 Å². The van der Waals surface area contributed by atoms with E-state index in [0.717, 1.165) is 32.4 Å². The summed E-state index contributed by atoms with van der Waals surface area (Å²) in [5, 5.41) is 13.9. The van der Waals surface area contributed by atoms with Crippen molar-refractivity contribution in [2.45, 2.75) is 44.4 Å². The highest BCUT2D eigenvalue weighted by Gasteiger charge is 2.37. The maximum atomic E-state index is 12.6. The lowest BCUT2D eigenvalue weighted by Crippen LogP contribution is -2.60. The van der Waals surface area contributed by atoms with Gasteiger partial charge in [0.05, 0.1) is 12.1 Å². The fraction of sp³-hybridized carbons (Fsp3) is 0.619. The number of carbonyl (C=O) groups excluding carboxylic acids is 2. The highest BCUT2D eigenvalue weighted by atomic mass is 16.5. The van der Waals surface area contributed by atoms with Gasteiger partial charge in [-0.3, -0.25) is 14.5 Å². The van der Waals surface area contributed by atoms with E-state index in [1.165, 1.54) is 0 Å². The molecule has 1 heterocycles. The molecule has 1 saturated heterocycles. The average Bonchev–Trinajstić information content (AvgIpc) is 2.74. The molecule has 3 atom stereocenters. The number of hydrogen-bond acceptors (Lipinski definition) is 6. The second kappa shape index (κ2) is 10.0. The van der Waals surface area contributed by atoms with Crippen molar-refractivity contribution in [3.8, 4) is 5.75 Å². The Morgan fingerprint density at radius 2 is 1.86 bits per heavy atom. The molecule has 0 unspecified atom stereocenters. The maximum absolute atomic E-state index is 12.6. The van der Waals surface area contributed by atoms with Gasteiger partial charge in [-0.25, -0.2) is 0 Å². The van der Waals surface area contributed by atoms with Crippen LogP contribution in [0, 0.1) is 0 Å².